The number of hydrogen-bond acceptors (Lipinski definition) is 7. The van der Waals surface area contributed by atoms with E-state index < -0.39 is 0 Å². The fraction of sp³-hybridized carbons (Fsp3) is 0.211. The van der Waals surface area contributed by atoms with E-state index in [-0.39, 0.29) is 12.7 Å². The van der Waals surface area contributed by atoms with Crippen molar-refractivity contribution in [2.75, 3.05) is 19.2 Å². The number of hydrogen-bond donors (Lipinski definition) is 1. The Morgan fingerprint density at radius 1 is 1.11 bits per heavy atom. The van der Waals surface area contributed by atoms with Crippen LogP contribution in [0, 0.1) is 0 Å². The maximum absolute atomic E-state index is 12.4. The number of ether oxygens (including phenoxy) is 3. The molecule has 0 spiro atoms. The Labute approximate surface area is 159 Å². The zero-order chi connectivity index (χ0) is 18.6. The van der Waals surface area contributed by atoms with E-state index in [1.54, 1.807) is 25.3 Å². The Morgan fingerprint density at radius 3 is 2.74 bits per heavy atom. The maximum Gasteiger partial charge on any atom is 0.257 e. The van der Waals surface area contributed by atoms with Crippen LogP contribution in [0.2, 0.25) is 0 Å². The van der Waals surface area contributed by atoms with Crippen molar-refractivity contribution < 1.29 is 19.0 Å². The van der Waals surface area contributed by atoms with Gasteiger partial charge in [-0.3, -0.25) is 10.1 Å². The second-order valence-corrected chi connectivity index (χ2v) is 6.93. The van der Waals surface area contributed by atoms with Gasteiger partial charge in [0.25, 0.3) is 5.91 Å². The molecule has 1 N–H and O–H groups in total. The van der Waals surface area contributed by atoms with E-state index >= 15 is 0 Å². The predicted octanol–water partition coefficient (Wildman–Crippen LogP) is 3.31. The average Bonchev–Trinajstić information content (AvgIpc) is 3.35. The van der Waals surface area contributed by atoms with E-state index in [0.29, 0.717) is 22.2 Å². The highest BCUT2D eigenvalue weighted by atomic mass is 32.1. The van der Waals surface area contributed by atoms with Crippen molar-refractivity contribution in [3.8, 4) is 17.2 Å². The molecule has 1 aliphatic rings. The number of amides is 1. The van der Waals surface area contributed by atoms with Gasteiger partial charge in [-0.15, -0.1) is 10.2 Å². The number of fused-ring (bicyclic) bond motifs is 1. The minimum Gasteiger partial charge on any atom is -0.497 e. The third-order valence-electron chi connectivity index (χ3n) is 4.11. The van der Waals surface area contributed by atoms with Crippen LogP contribution in [0.25, 0.3) is 0 Å². The van der Waals surface area contributed by atoms with Crippen LogP contribution >= 0.6 is 11.3 Å². The highest BCUT2D eigenvalue weighted by Gasteiger charge is 2.17. The molecule has 0 atom stereocenters. The molecular formula is C19H17N3O4S. The van der Waals surface area contributed by atoms with Gasteiger partial charge >= 0.3 is 0 Å². The molecule has 0 bridgehead atoms. The van der Waals surface area contributed by atoms with Gasteiger partial charge in [0, 0.05) is 12.0 Å². The van der Waals surface area contributed by atoms with Crippen molar-refractivity contribution >= 4 is 22.4 Å². The quantitative estimate of drug-likeness (QED) is 0.703. The Balaban J connectivity index is 1.35. The molecule has 0 aliphatic carbocycles. The summed E-state index contributed by atoms with van der Waals surface area (Å²) in [6.07, 6.45) is 1.60. The van der Waals surface area contributed by atoms with E-state index in [2.05, 4.69) is 15.5 Å². The third-order valence-corrected chi connectivity index (χ3v) is 5.01. The lowest BCUT2D eigenvalue weighted by Gasteiger charge is -2.02. The van der Waals surface area contributed by atoms with Gasteiger partial charge in [0.2, 0.25) is 11.9 Å². The molecule has 2 aromatic carbocycles. The third kappa shape index (κ3) is 4.01. The minimum atomic E-state index is -0.258. The largest absolute Gasteiger partial charge is 0.497 e. The fourth-order valence-corrected chi connectivity index (χ4v) is 3.39. The normalized spacial score (nSPS) is 12.0. The summed E-state index contributed by atoms with van der Waals surface area (Å²) >= 11 is 1.37. The van der Waals surface area contributed by atoms with Gasteiger partial charge in [-0.1, -0.05) is 23.5 Å². The second kappa shape index (κ2) is 7.63. The van der Waals surface area contributed by atoms with Gasteiger partial charge in [-0.2, -0.15) is 0 Å². The number of carbonyl (C=O) groups is 1. The molecule has 0 unspecified atom stereocenters. The Kier molecular flexibility index (Phi) is 4.88. The number of carbonyl (C=O) groups excluding carboxylic acids is 1. The number of nitrogens with one attached hydrogen (secondary N) is 1. The molecule has 4 rings (SSSR count). The van der Waals surface area contributed by atoms with E-state index in [9.17, 15) is 4.79 Å². The summed E-state index contributed by atoms with van der Waals surface area (Å²) in [5, 5.41) is 12.3. The summed E-state index contributed by atoms with van der Waals surface area (Å²) in [7, 11) is 1.65. The van der Waals surface area contributed by atoms with Crippen molar-refractivity contribution in [2.45, 2.75) is 12.8 Å². The molecule has 1 aromatic heterocycles. The molecule has 2 heterocycles. The Bertz CT molecular complexity index is 956. The Morgan fingerprint density at radius 2 is 1.93 bits per heavy atom. The first-order valence-corrected chi connectivity index (χ1v) is 9.19. The molecule has 3 aromatic rings. The van der Waals surface area contributed by atoms with Crippen LogP contribution in [-0.4, -0.2) is 30.0 Å². The summed E-state index contributed by atoms with van der Waals surface area (Å²) in [4.78, 5) is 12.4. The van der Waals surface area contributed by atoms with Crippen LogP contribution in [0.1, 0.15) is 20.9 Å². The molecule has 27 heavy (non-hydrogen) atoms. The van der Waals surface area contributed by atoms with Crippen molar-refractivity contribution in [3.63, 3.8) is 0 Å². The first-order valence-electron chi connectivity index (χ1n) is 8.37. The zero-order valence-corrected chi connectivity index (χ0v) is 15.4. The predicted molar refractivity (Wildman–Crippen MR) is 101 cm³/mol. The van der Waals surface area contributed by atoms with E-state index in [1.165, 1.54) is 16.9 Å². The monoisotopic (exact) mass is 383 g/mol. The molecule has 1 aliphatic heterocycles. The second-order valence-electron chi connectivity index (χ2n) is 5.87. The standard InChI is InChI=1S/C19H17N3O4S/c1-24-14-6-2-12(3-7-14)4-9-17-21-22-19(27-17)20-18(23)13-5-8-15-16(10-13)26-11-25-15/h2-3,5-8,10H,4,9,11H2,1H3,(H,20,22,23). The fourth-order valence-electron chi connectivity index (χ4n) is 2.66. The molecule has 0 saturated heterocycles. The summed E-state index contributed by atoms with van der Waals surface area (Å²) in [6.45, 7) is 0.175. The van der Waals surface area contributed by atoms with Gasteiger partial charge in [0.15, 0.2) is 11.5 Å². The summed E-state index contributed by atoms with van der Waals surface area (Å²) in [6, 6.07) is 13.0. The topological polar surface area (TPSA) is 82.6 Å². The summed E-state index contributed by atoms with van der Waals surface area (Å²) < 4.78 is 15.7. The van der Waals surface area contributed by atoms with Crippen LogP contribution in [0.3, 0.4) is 0 Å². The summed E-state index contributed by atoms with van der Waals surface area (Å²) in [5.74, 6) is 1.79. The SMILES string of the molecule is COc1ccc(CCc2nnc(NC(=O)c3ccc4c(c3)OCO4)s2)cc1. The number of methoxy groups -OCH3 is 1. The maximum atomic E-state index is 12.4. The van der Waals surface area contributed by atoms with Crippen LogP contribution < -0.4 is 19.5 Å². The highest BCUT2D eigenvalue weighted by molar-refractivity contribution is 7.15. The van der Waals surface area contributed by atoms with Crippen molar-refractivity contribution in [1.29, 1.82) is 0 Å². The number of benzene rings is 2. The lowest BCUT2D eigenvalue weighted by atomic mass is 10.1. The van der Waals surface area contributed by atoms with E-state index in [4.69, 9.17) is 14.2 Å². The number of aryl methyl sites for hydroxylation is 2. The number of nitrogens with zero attached hydrogens (tertiary/aromatic N) is 2. The number of aromatic nitrogens is 2. The van der Waals surface area contributed by atoms with Crippen molar-refractivity contribution in [1.82, 2.24) is 10.2 Å². The molecule has 8 heteroatoms. The van der Waals surface area contributed by atoms with E-state index in [0.717, 1.165) is 23.6 Å². The average molecular weight is 383 g/mol. The summed E-state index contributed by atoms with van der Waals surface area (Å²) in [5.41, 5.74) is 1.67. The van der Waals surface area contributed by atoms with Crippen molar-refractivity contribution in [3.05, 3.63) is 58.6 Å². The van der Waals surface area contributed by atoms with Crippen molar-refractivity contribution in [2.24, 2.45) is 0 Å². The van der Waals surface area contributed by atoms with Gasteiger partial charge < -0.3 is 14.2 Å². The first kappa shape index (κ1) is 17.3. The van der Waals surface area contributed by atoms with Crippen LogP contribution in [0.4, 0.5) is 5.13 Å². The molecule has 138 valence electrons. The molecule has 1 amide bonds. The van der Waals surface area contributed by atoms with Crippen LogP contribution in [0.15, 0.2) is 42.5 Å². The number of anilines is 1. The van der Waals surface area contributed by atoms with Crippen LogP contribution in [0.5, 0.6) is 17.2 Å². The number of rotatable bonds is 6. The smallest absolute Gasteiger partial charge is 0.257 e. The van der Waals surface area contributed by atoms with Gasteiger partial charge in [-0.05, 0) is 42.3 Å². The molecule has 0 fully saturated rings. The molecule has 0 radical (unpaired) electrons. The van der Waals surface area contributed by atoms with Crippen LogP contribution in [-0.2, 0) is 12.8 Å². The van der Waals surface area contributed by atoms with Gasteiger partial charge in [0.1, 0.15) is 10.8 Å². The minimum absolute atomic E-state index is 0.175. The first-order chi connectivity index (χ1) is 13.2. The molecular weight excluding hydrogens is 366 g/mol. The zero-order valence-electron chi connectivity index (χ0n) is 14.6. The lowest BCUT2D eigenvalue weighted by molar-refractivity contribution is 0.102. The molecule has 0 saturated carbocycles. The van der Waals surface area contributed by atoms with E-state index in [1.807, 2.05) is 24.3 Å². The lowest BCUT2D eigenvalue weighted by Crippen LogP contribution is -2.11. The highest BCUT2D eigenvalue weighted by Crippen LogP contribution is 2.32. The van der Waals surface area contributed by atoms with Gasteiger partial charge in [0.05, 0.1) is 7.11 Å². The Hall–Kier alpha value is -3.13. The molecule has 7 nitrogen and oxygen atoms in total. The van der Waals surface area contributed by atoms with Gasteiger partial charge in [-0.25, -0.2) is 0 Å².